The zero-order valence-electron chi connectivity index (χ0n) is 11.6. The van der Waals surface area contributed by atoms with Crippen molar-refractivity contribution in [2.75, 3.05) is 14.2 Å². The monoisotopic (exact) mass is 280 g/mol. The number of hydrogen-bond acceptors (Lipinski definition) is 5. The molecule has 6 heteroatoms. The van der Waals surface area contributed by atoms with E-state index in [1.54, 1.807) is 43.1 Å². The highest BCUT2D eigenvalue weighted by molar-refractivity contribution is 5.63. The standard InChI is InChI=1S/C15H12N4O2/c1-20-12-5-11(6-13(7-12)21-2)15-17-14-4-3-10(8-16)9-19(14)18-15/h3-7,9H,1-2H3. The zero-order chi connectivity index (χ0) is 14.8. The van der Waals surface area contributed by atoms with Crippen LogP contribution in [0.5, 0.6) is 11.5 Å². The van der Waals surface area contributed by atoms with Crippen LogP contribution in [0.2, 0.25) is 0 Å². The summed E-state index contributed by atoms with van der Waals surface area (Å²) in [6.45, 7) is 0. The van der Waals surface area contributed by atoms with Crippen molar-refractivity contribution in [2.45, 2.75) is 0 Å². The fourth-order valence-corrected chi connectivity index (χ4v) is 2.01. The van der Waals surface area contributed by atoms with Gasteiger partial charge < -0.3 is 9.47 Å². The maximum atomic E-state index is 8.91. The molecule has 2 aromatic heterocycles. The van der Waals surface area contributed by atoms with Gasteiger partial charge in [-0.3, -0.25) is 0 Å². The molecule has 6 nitrogen and oxygen atoms in total. The molecule has 3 rings (SSSR count). The number of hydrogen-bond donors (Lipinski definition) is 0. The third kappa shape index (κ3) is 2.37. The molecule has 0 amide bonds. The number of fused-ring (bicyclic) bond motifs is 1. The van der Waals surface area contributed by atoms with Crippen LogP contribution in [0.3, 0.4) is 0 Å². The molecule has 0 saturated carbocycles. The number of benzene rings is 1. The highest BCUT2D eigenvalue weighted by Crippen LogP contribution is 2.28. The van der Waals surface area contributed by atoms with E-state index in [4.69, 9.17) is 14.7 Å². The summed E-state index contributed by atoms with van der Waals surface area (Å²) >= 11 is 0. The predicted octanol–water partition coefficient (Wildman–Crippen LogP) is 2.29. The summed E-state index contributed by atoms with van der Waals surface area (Å²) in [5.74, 6) is 1.88. The highest BCUT2D eigenvalue weighted by Gasteiger charge is 2.10. The number of rotatable bonds is 3. The van der Waals surface area contributed by atoms with Gasteiger partial charge in [-0.15, -0.1) is 5.10 Å². The first-order valence-electron chi connectivity index (χ1n) is 6.23. The van der Waals surface area contributed by atoms with Crippen LogP contribution in [0, 0.1) is 11.3 Å². The van der Waals surface area contributed by atoms with Gasteiger partial charge >= 0.3 is 0 Å². The Hall–Kier alpha value is -3.07. The molecule has 104 valence electrons. The quantitative estimate of drug-likeness (QED) is 0.736. The molecule has 0 spiro atoms. The Kier molecular flexibility index (Phi) is 3.16. The molecule has 21 heavy (non-hydrogen) atoms. The first-order chi connectivity index (χ1) is 10.2. The van der Waals surface area contributed by atoms with E-state index in [0.717, 1.165) is 5.56 Å². The van der Waals surface area contributed by atoms with Gasteiger partial charge in [0.2, 0.25) is 0 Å². The normalized spacial score (nSPS) is 10.3. The van der Waals surface area contributed by atoms with Gasteiger partial charge in [-0.25, -0.2) is 9.50 Å². The summed E-state index contributed by atoms with van der Waals surface area (Å²) in [4.78, 5) is 4.44. The first-order valence-corrected chi connectivity index (χ1v) is 6.23. The van der Waals surface area contributed by atoms with E-state index < -0.39 is 0 Å². The van der Waals surface area contributed by atoms with Gasteiger partial charge in [-0.2, -0.15) is 5.26 Å². The molecular formula is C15H12N4O2. The predicted molar refractivity (Wildman–Crippen MR) is 76.2 cm³/mol. The van der Waals surface area contributed by atoms with Gasteiger partial charge in [-0.1, -0.05) is 0 Å². The Balaban J connectivity index is 2.13. The average Bonchev–Trinajstić information content (AvgIpc) is 2.97. The van der Waals surface area contributed by atoms with Crippen LogP contribution in [0.15, 0.2) is 36.5 Å². The number of aromatic nitrogens is 3. The van der Waals surface area contributed by atoms with Crippen LogP contribution in [0.4, 0.5) is 0 Å². The van der Waals surface area contributed by atoms with Crippen molar-refractivity contribution < 1.29 is 9.47 Å². The maximum Gasteiger partial charge on any atom is 0.182 e. The fraction of sp³-hybridized carbons (Fsp3) is 0.133. The van der Waals surface area contributed by atoms with Gasteiger partial charge in [0.1, 0.15) is 17.6 Å². The molecule has 0 saturated heterocycles. The minimum absolute atomic E-state index is 0.530. The van der Waals surface area contributed by atoms with Crippen LogP contribution >= 0.6 is 0 Å². The maximum absolute atomic E-state index is 8.91. The van der Waals surface area contributed by atoms with E-state index in [9.17, 15) is 0 Å². The van der Waals surface area contributed by atoms with Crippen LogP contribution in [-0.4, -0.2) is 28.8 Å². The average molecular weight is 280 g/mol. The fourth-order valence-electron chi connectivity index (χ4n) is 2.01. The van der Waals surface area contributed by atoms with Crippen molar-refractivity contribution in [3.63, 3.8) is 0 Å². The Morgan fingerprint density at radius 1 is 1.10 bits per heavy atom. The van der Waals surface area contributed by atoms with Crippen LogP contribution < -0.4 is 9.47 Å². The van der Waals surface area contributed by atoms with E-state index in [1.165, 1.54) is 0 Å². The zero-order valence-corrected chi connectivity index (χ0v) is 11.6. The Morgan fingerprint density at radius 3 is 2.43 bits per heavy atom. The summed E-state index contributed by atoms with van der Waals surface area (Å²) in [5, 5.41) is 13.3. The third-order valence-electron chi connectivity index (χ3n) is 3.07. The second-order valence-corrected chi connectivity index (χ2v) is 4.37. The highest BCUT2D eigenvalue weighted by atomic mass is 16.5. The van der Waals surface area contributed by atoms with Gasteiger partial charge in [-0.05, 0) is 24.3 Å². The third-order valence-corrected chi connectivity index (χ3v) is 3.07. The Labute approximate surface area is 121 Å². The lowest BCUT2D eigenvalue weighted by atomic mass is 10.2. The minimum Gasteiger partial charge on any atom is -0.497 e. The lowest BCUT2D eigenvalue weighted by Gasteiger charge is -2.05. The summed E-state index contributed by atoms with van der Waals surface area (Å²) in [5.41, 5.74) is 1.99. The second-order valence-electron chi connectivity index (χ2n) is 4.37. The van der Waals surface area contributed by atoms with Crippen molar-refractivity contribution in [1.29, 1.82) is 5.26 Å². The van der Waals surface area contributed by atoms with Gasteiger partial charge in [0.15, 0.2) is 11.5 Å². The molecule has 0 aliphatic heterocycles. The molecule has 0 unspecified atom stereocenters. The van der Waals surface area contributed by atoms with Crippen molar-refractivity contribution in [1.82, 2.24) is 14.6 Å². The molecule has 1 aromatic carbocycles. The molecule has 2 heterocycles. The first kappa shape index (κ1) is 12.9. The van der Waals surface area contributed by atoms with Crippen molar-refractivity contribution in [2.24, 2.45) is 0 Å². The second kappa shape index (κ2) is 5.13. The largest absolute Gasteiger partial charge is 0.497 e. The summed E-state index contributed by atoms with van der Waals surface area (Å²) in [6.07, 6.45) is 1.64. The summed E-state index contributed by atoms with van der Waals surface area (Å²) in [7, 11) is 3.18. The number of pyridine rings is 1. The Morgan fingerprint density at radius 2 is 1.81 bits per heavy atom. The van der Waals surface area contributed by atoms with E-state index in [-0.39, 0.29) is 0 Å². The number of nitriles is 1. The smallest absolute Gasteiger partial charge is 0.182 e. The van der Waals surface area contributed by atoms with Crippen LogP contribution in [-0.2, 0) is 0 Å². The van der Waals surface area contributed by atoms with E-state index in [2.05, 4.69) is 16.2 Å². The summed E-state index contributed by atoms with van der Waals surface area (Å²) < 4.78 is 12.1. The van der Waals surface area contributed by atoms with Gasteiger partial charge in [0.05, 0.1) is 19.8 Å². The molecule has 0 fully saturated rings. The molecular weight excluding hydrogens is 268 g/mol. The van der Waals surface area contributed by atoms with Crippen molar-refractivity contribution in [3.05, 3.63) is 42.1 Å². The van der Waals surface area contributed by atoms with Crippen LogP contribution in [0.1, 0.15) is 5.56 Å². The van der Waals surface area contributed by atoms with Crippen molar-refractivity contribution in [3.8, 4) is 29.0 Å². The molecule has 0 aliphatic carbocycles. The SMILES string of the molecule is COc1cc(OC)cc(-c2nc3ccc(C#N)cn3n2)c1. The number of nitrogens with zero attached hydrogens (tertiary/aromatic N) is 4. The molecule has 0 radical (unpaired) electrons. The van der Waals surface area contributed by atoms with Gasteiger partial charge in [0.25, 0.3) is 0 Å². The molecule has 0 atom stereocenters. The molecule has 3 aromatic rings. The summed E-state index contributed by atoms with van der Waals surface area (Å²) in [6, 6.07) is 11.0. The molecule has 0 aliphatic rings. The number of methoxy groups -OCH3 is 2. The molecule has 0 bridgehead atoms. The molecule has 0 N–H and O–H groups in total. The lowest BCUT2D eigenvalue weighted by Crippen LogP contribution is -1.90. The lowest BCUT2D eigenvalue weighted by molar-refractivity contribution is 0.394. The van der Waals surface area contributed by atoms with Gasteiger partial charge in [0, 0.05) is 17.8 Å². The number of ether oxygens (including phenoxy) is 2. The van der Waals surface area contributed by atoms with Crippen molar-refractivity contribution >= 4 is 5.65 Å². The minimum atomic E-state index is 0.530. The van der Waals surface area contributed by atoms with E-state index in [1.807, 2.05) is 12.1 Å². The Bertz CT molecular complexity index is 826. The van der Waals surface area contributed by atoms with E-state index in [0.29, 0.717) is 28.5 Å². The van der Waals surface area contributed by atoms with Crippen LogP contribution in [0.25, 0.3) is 17.0 Å². The van der Waals surface area contributed by atoms with E-state index >= 15 is 0 Å². The topological polar surface area (TPSA) is 72.4 Å².